The number of fused-ring (bicyclic) bond motifs is 3. The molecule has 0 bridgehead atoms. The second-order valence-electron chi connectivity index (χ2n) is 10.2. The predicted molar refractivity (Wildman–Crippen MR) is 131 cm³/mol. The van der Waals surface area contributed by atoms with E-state index in [1.54, 1.807) is 7.11 Å². The molecule has 12 heteroatoms. The van der Waals surface area contributed by atoms with E-state index in [2.05, 4.69) is 31.5 Å². The van der Waals surface area contributed by atoms with Crippen LogP contribution in [0.2, 0.25) is 0 Å². The SMILES string of the molecule is COc1ccc2c(c1)[C@]1(C[C@H]1C1CCC3C(C1)NNC3Nc1ncc(S(C)(=O)=O)nc1OC)C(=O)N2. The van der Waals surface area contributed by atoms with Gasteiger partial charge in [-0.25, -0.2) is 18.8 Å². The number of ether oxygens (including phenoxy) is 2. The van der Waals surface area contributed by atoms with Crippen LogP contribution in [0.25, 0.3) is 0 Å². The standard InChI is InChI=1S/C24H30N6O5S/c1-34-13-5-7-17-15(9-13)24(23(31)26-17)10-16(24)12-4-6-14-18(8-12)29-30-20(14)28-21-22(35-2)27-19(11-25-21)36(3,32)33/h5,7,9,11-12,14,16,18,20,29-30H,4,6,8,10H2,1-3H3,(H,25,28)(H,26,31)/t12?,14?,16-,18?,20?,24-/m0/s1. The van der Waals surface area contributed by atoms with E-state index >= 15 is 0 Å². The number of carbonyl (C=O) groups is 1. The Labute approximate surface area is 209 Å². The molecule has 11 nitrogen and oxygen atoms in total. The molecule has 1 amide bonds. The number of hydrogen-bond acceptors (Lipinski definition) is 10. The van der Waals surface area contributed by atoms with Crippen molar-refractivity contribution in [3.63, 3.8) is 0 Å². The number of rotatable bonds is 6. The molecule has 192 valence electrons. The average molecular weight is 515 g/mol. The lowest BCUT2D eigenvalue weighted by atomic mass is 9.74. The Morgan fingerprint density at radius 1 is 1.17 bits per heavy atom. The first-order valence-corrected chi connectivity index (χ1v) is 14.0. The zero-order chi connectivity index (χ0) is 25.2. The lowest BCUT2D eigenvalue weighted by Gasteiger charge is -2.34. The average Bonchev–Trinajstić information content (AvgIpc) is 3.42. The minimum absolute atomic E-state index is 0.109. The maximum atomic E-state index is 13.0. The van der Waals surface area contributed by atoms with Crippen molar-refractivity contribution >= 4 is 27.2 Å². The van der Waals surface area contributed by atoms with Crippen LogP contribution in [-0.4, -0.2) is 57.0 Å². The molecular formula is C24H30N6O5S. The second kappa shape index (κ2) is 8.29. The minimum Gasteiger partial charge on any atom is -0.497 e. The van der Waals surface area contributed by atoms with Crippen molar-refractivity contribution in [2.45, 2.75) is 48.3 Å². The topological polar surface area (TPSA) is 144 Å². The Hall–Kier alpha value is -2.96. The summed E-state index contributed by atoms with van der Waals surface area (Å²) >= 11 is 0. The van der Waals surface area contributed by atoms with Crippen LogP contribution >= 0.6 is 0 Å². The second-order valence-corrected chi connectivity index (χ2v) is 12.2. The van der Waals surface area contributed by atoms with Crippen molar-refractivity contribution < 1.29 is 22.7 Å². The minimum atomic E-state index is -3.49. The third kappa shape index (κ3) is 3.61. The summed E-state index contributed by atoms with van der Waals surface area (Å²) in [6.07, 6.45) is 6.05. The third-order valence-electron chi connectivity index (χ3n) is 8.33. The molecule has 1 saturated heterocycles. The Bertz CT molecular complexity index is 1340. The maximum absolute atomic E-state index is 13.0. The molecule has 6 atom stereocenters. The lowest BCUT2D eigenvalue weighted by Crippen LogP contribution is -2.39. The number of nitrogens with one attached hydrogen (secondary N) is 4. The van der Waals surface area contributed by atoms with Crippen LogP contribution in [-0.2, 0) is 20.0 Å². The summed E-state index contributed by atoms with van der Waals surface area (Å²) < 4.78 is 34.4. The summed E-state index contributed by atoms with van der Waals surface area (Å²) in [5.41, 5.74) is 8.28. The van der Waals surface area contributed by atoms with Gasteiger partial charge in [-0.2, -0.15) is 4.98 Å². The number of anilines is 2. The van der Waals surface area contributed by atoms with Crippen LogP contribution < -0.4 is 31.0 Å². The molecule has 3 heterocycles. The van der Waals surface area contributed by atoms with Gasteiger partial charge in [-0.05, 0) is 61.3 Å². The van der Waals surface area contributed by atoms with Gasteiger partial charge in [0, 0.05) is 23.9 Å². The monoisotopic (exact) mass is 514 g/mol. The van der Waals surface area contributed by atoms with Crippen LogP contribution in [0.3, 0.4) is 0 Å². The Balaban J connectivity index is 1.15. The summed E-state index contributed by atoms with van der Waals surface area (Å²) in [5.74, 6) is 2.46. The number of carbonyl (C=O) groups excluding carboxylic acids is 1. The molecule has 1 aromatic carbocycles. The van der Waals surface area contributed by atoms with Gasteiger partial charge in [-0.15, -0.1) is 0 Å². The van der Waals surface area contributed by atoms with Gasteiger partial charge in [0.1, 0.15) is 5.75 Å². The highest BCUT2D eigenvalue weighted by Gasteiger charge is 2.67. The number of benzene rings is 1. The van der Waals surface area contributed by atoms with E-state index in [-0.39, 0.29) is 29.0 Å². The molecule has 4 N–H and O–H groups in total. The number of nitrogens with zero attached hydrogens (tertiary/aromatic N) is 2. The maximum Gasteiger partial charge on any atom is 0.258 e. The normalized spacial score (nSPS) is 32.5. The van der Waals surface area contributed by atoms with Crippen molar-refractivity contribution in [1.82, 2.24) is 20.8 Å². The lowest BCUT2D eigenvalue weighted by molar-refractivity contribution is -0.118. The van der Waals surface area contributed by atoms with E-state index in [1.165, 1.54) is 13.3 Å². The first-order valence-electron chi connectivity index (χ1n) is 12.1. The third-order valence-corrected chi connectivity index (χ3v) is 9.28. The highest BCUT2D eigenvalue weighted by molar-refractivity contribution is 7.90. The van der Waals surface area contributed by atoms with E-state index in [1.807, 2.05) is 18.2 Å². The van der Waals surface area contributed by atoms with Crippen molar-refractivity contribution in [2.75, 3.05) is 31.1 Å². The van der Waals surface area contributed by atoms with Gasteiger partial charge in [0.2, 0.25) is 5.91 Å². The van der Waals surface area contributed by atoms with Crippen LogP contribution in [0.4, 0.5) is 11.5 Å². The van der Waals surface area contributed by atoms with Crippen molar-refractivity contribution in [3.8, 4) is 11.6 Å². The van der Waals surface area contributed by atoms with Gasteiger partial charge >= 0.3 is 0 Å². The quantitative estimate of drug-likeness (QED) is 0.447. The molecule has 4 unspecified atom stereocenters. The zero-order valence-corrected chi connectivity index (χ0v) is 21.2. The summed E-state index contributed by atoms with van der Waals surface area (Å²) in [6, 6.07) is 6.07. The van der Waals surface area contributed by atoms with E-state index in [0.717, 1.165) is 48.9 Å². The molecule has 3 fully saturated rings. The molecule has 2 aliphatic carbocycles. The first-order chi connectivity index (χ1) is 17.2. The van der Waals surface area contributed by atoms with Crippen molar-refractivity contribution in [2.24, 2.45) is 17.8 Å². The summed E-state index contributed by atoms with van der Waals surface area (Å²) in [6.45, 7) is 0. The number of methoxy groups -OCH3 is 2. The fourth-order valence-corrected chi connectivity index (χ4v) is 6.93. The number of sulfone groups is 1. The molecule has 4 aliphatic rings. The fourth-order valence-electron chi connectivity index (χ4n) is 6.44. The molecule has 2 aromatic rings. The molecule has 2 saturated carbocycles. The van der Waals surface area contributed by atoms with Gasteiger partial charge in [0.05, 0.1) is 32.0 Å². The van der Waals surface area contributed by atoms with E-state index in [4.69, 9.17) is 9.47 Å². The molecule has 36 heavy (non-hydrogen) atoms. The number of amides is 1. The van der Waals surface area contributed by atoms with Gasteiger partial charge in [0.25, 0.3) is 5.88 Å². The van der Waals surface area contributed by atoms with Gasteiger partial charge < -0.3 is 20.1 Å². The Kier molecular flexibility index (Phi) is 5.39. The van der Waals surface area contributed by atoms with Crippen LogP contribution in [0.15, 0.2) is 29.4 Å². The number of hydrazine groups is 1. The fraction of sp³-hybridized carbons (Fsp3) is 0.542. The highest BCUT2D eigenvalue weighted by Crippen LogP contribution is 2.65. The van der Waals surface area contributed by atoms with Gasteiger partial charge in [-0.3, -0.25) is 10.2 Å². The van der Waals surface area contributed by atoms with Gasteiger partial charge in [-0.1, -0.05) is 0 Å². The van der Waals surface area contributed by atoms with E-state index < -0.39 is 15.3 Å². The van der Waals surface area contributed by atoms with Crippen molar-refractivity contribution in [1.29, 1.82) is 0 Å². The Morgan fingerprint density at radius 2 is 2.00 bits per heavy atom. The molecule has 1 spiro atoms. The molecule has 2 aliphatic heterocycles. The molecule has 1 aromatic heterocycles. The first kappa shape index (κ1) is 23.4. The van der Waals surface area contributed by atoms with Crippen LogP contribution in [0.5, 0.6) is 11.6 Å². The van der Waals surface area contributed by atoms with Crippen LogP contribution in [0.1, 0.15) is 31.2 Å². The van der Waals surface area contributed by atoms with E-state index in [9.17, 15) is 13.2 Å². The predicted octanol–water partition coefficient (Wildman–Crippen LogP) is 1.44. The summed E-state index contributed by atoms with van der Waals surface area (Å²) in [4.78, 5) is 21.4. The zero-order valence-electron chi connectivity index (χ0n) is 20.4. The molecule has 0 radical (unpaired) electrons. The molecule has 6 rings (SSSR count). The molecular weight excluding hydrogens is 484 g/mol. The van der Waals surface area contributed by atoms with Gasteiger partial charge in [0.15, 0.2) is 20.7 Å². The Morgan fingerprint density at radius 3 is 2.75 bits per heavy atom. The summed E-state index contributed by atoms with van der Waals surface area (Å²) in [5, 5.41) is 6.28. The highest BCUT2D eigenvalue weighted by atomic mass is 32.2. The smallest absolute Gasteiger partial charge is 0.258 e. The van der Waals surface area contributed by atoms with Crippen LogP contribution in [0, 0.1) is 17.8 Å². The number of aromatic nitrogens is 2. The number of hydrogen-bond donors (Lipinski definition) is 4. The largest absolute Gasteiger partial charge is 0.497 e. The van der Waals surface area contributed by atoms with Crippen molar-refractivity contribution in [3.05, 3.63) is 30.0 Å². The van der Waals surface area contributed by atoms with E-state index in [0.29, 0.717) is 23.6 Å². The summed E-state index contributed by atoms with van der Waals surface area (Å²) in [7, 11) is -0.402.